The van der Waals surface area contributed by atoms with E-state index in [9.17, 15) is 9.18 Å². The molecule has 1 heterocycles. The van der Waals surface area contributed by atoms with Crippen LogP contribution in [0.15, 0.2) is 24.9 Å². The van der Waals surface area contributed by atoms with Gasteiger partial charge in [-0.25, -0.2) is 14.2 Å². The van der Waals surface area contributed by atoms with Crippen molar-refractivity contribution in [1.82, 2.24) is 4.98 Å². The molecule has 1 aromatic rings. The van der Waals surface area contributed by atoms with Crippen LogP contribution >= 0.6 is 0 Å². The highest BCUT2D eigenvalue weighted by atomic mass is 19.1. The highest BCUT2D eigenvalue weighted by Crippen LogP contribution is 2.17. The lowest BCUT2D eigenvalue weighted by molar-refractivity contribution is 0.0690. The van der Waals surface area contributed by atoms with E-state index in [1.165, 1.54) is 6.20 Å². The largest absolute Gasteiger partial charge is 0.478 e. The lowest BCUT2D eigenvalue weighted by Gasteiger charge is -2.05. The Kier molecular flexibility index (Phi) is 3.79. The summed E-state index contributed by atoms with van der Waals surface area (Å²) in [6.45, 7) is 3.69. The van der Waals surface area contributed by atoms with Crippen LogP contribution in [0.4, 0.5) is 4.39 Å². The van der Waals surface area contributed by atoms with Crippen molar-refractivity contribution in [2.24, 2.45) is 0 Å². The number of carboxylic acid groups (broad SMARTS) is 1. The molecule has 1 aromatic heterocycles. The molecule has 0 radical (unpaired) electrons. The van der Waals surface area contributed by atoms with Crippen molar-refractivity contribution in [2.45, 2.75) is 6.42 Å². The van der Waals surface area contributed by atoms with E-state index in [0.29, 0.717) is 6.42 Å². The van der Waals surface area contributed by atoms with Gasteiger partial charge in [0.1, 0.15) is 5.56 Å². The van der Waals surface area contributed by atoms with Gasteiger partial charge in [0.2, 0.25) is 0 Å². The topological polar surface area (TPSA) is 59.4 Å². The van der Waals surface area contributed by atoms with Gasteiger partial charge < -0.3 is 9.84 Å². The van der Waals surface area contributed by atoms with E-state index in [2.05, 4.69) is 11.6 Å². The van der Waals surface area contributed by atoms with Crippen molar-refractivity contribution < 1.29 is 19.0 Å². The fourth-order valence-corrected chi connectivity index (χ4v) is 0.929. The molecule has 0 aliphatic heterocycles. The Morgan fingerprint density at radius 3 is 3.07 bits per heavy atom. The summed E-state index contributed by atoms with van der Waals surface area (Å²) in [5.74, 6) is -2.59. The summed E-state index contributed by atoms with van der Waals surface area (Å²) < 4.78 is 18.3. The summed E-state index contributed by atoms with van der Waals surface area (Å²) in [6.07, 6.45) is 3.34. The van der Waals surface area contributed by atoms with Crippen LogP contribution in [0.3, 0.4) is 0 Å². The molecule has 0 unspecified atom stereocenters. The zero-order valence-electron chi connectivity index (χ0n) is 7.94. The van der Waals surface area contributed by atoms with Crippen molar-refractivity contribution in [3.05, 3.63) is 36.3 Å². The molecule has 5 heteroatoms. The third kappa shape index (κ3) is 2.77. The van der Waals surface area contributed by atoms with E-state index in [-0.39, 0.29) is 12.5 Å². The second-order valence-electron chi connectivity index (χ2n) is 2.71. The Hall–Kier alpha value is -1.91. The van der Waals surface area contributed by atoms with E-state index in [0.717, 1.165) is 6.07 Å². The van der Waals surface area contributed by atoms with Crippen LogP contribution in [-0.4, -0.2) is 22.7 Å². The van der Waals surface area contributed by atoms with Gasteiger partial charge in [0.25, 0.3) is 5.88 Å². The van der Waals surface area contributed by atoms with Crippen LogP contribution in [0.5, 0.6) is 5.88 Å². The number of halogens is 1. The van der Waals surface area contributed by atoms with Crippen LogP contribution in [0, 0.1) is 5.82 Å². The summed E-state index contributed by atoms with van der Waals surface area (Å²) in [7, 11) is 0. The fourth-order valence-electron chi connectivity index (χ4n) is 0.929. The summed E-state index contributed by atoms with van der Waals surface area (Å²) >= 11 is 0. The molecule has 0 saturated carbocycles. The Labute approximate surface area is 86.0 Å². The average molecular weight is 211 g/mol. The molecule has 0 saturated heterocycles. The Bertz CT molecular complexity index is 379. The number of carbonyl (C=O) groups is 1. The molecule has 0 spiro atoms. The summed E-state index contributed by atoms with van der Waals surface area (Å²) in [5, 5.41) is 8.62. The molecule has 0 bridgehead atoms. The number of nitrogens with zero attached hydrogens (tertiary/aromatic N) is 1. The highest BCUT2D eigenvalue weighted by molar-refractivity contribution is 5.88. The van der Waals surface area contributed by atoms with Crippen LogP contribution < -0.4 is 4.74 Å². The predicted molar refractivity (Wildman–Crippen MR) is 51.5 cm³/mol. The maximum atomic E-state index is 13.4. The fraction of sp³-hybridized carbons (Fsp3) is 0.200. The van der Waals surface area contributed by atoms with Crippen molar-refractivity contribution >= 4 is 5.97 Å². The second kappa shape index (κ2) is 5.09. The summed E-state index contributed by atoms with van der Waals surface area (Å²) in [4.78, 5) is 14.2. The van der Waals surface area contributed by atoms with Gasteiger partial charge in [0.15, 0.2) is 5.82 Å². The molecule has 1 rings (SSSR count). The number of carboxylic acids is 1. The molecule has 0 aliphatic rings. The first-order valence-corrected chi connectivity index (χ1v) is 4.28. The van der Waals surface area contributed by atoms with Crippen molar-refractivity contribution in [1.29, 1.82) is 0 Å². The molecule has 4 nitrogen and oxygen atoms in total. The minimum absolute atomic E-state index is 0.219. The second-order valence-corrected chi connectivity index (χ2v) is 2.71. The van der Waals surface area contributed by atoms with E-state index in [1.54, 1.807) is 6.08 Å². The Morgan fingerprint density at radius 2 is 2.47 bits per heavy atom. The molecule has 0 aliphatic carbocycles. The molecular formula is C10H10FNO3. The molecular weight excluding hydrogens is 201 g/mol. The van der Waals surface area contributed by atoms with Gasteiger partial charge in [0.05, 0.1) is 6.61 Å². The minimum atomic E-state index is -1.34. The maximum absolute atomic E-state index is 13.4. The van der Waals surface area contributed by atoms with Crippen LogP contribution in [0.2, 0.25) is 0 Å². The molecule has 1 N–H and O–H groups in total. The van der Waals surface area contributed by atoms with Crippen molar-refractivity contribution in [2.75, 3.05) is 6.61 Å². The molecule has 0 atom stereocenters. The number of pyridine rings is 1. The third-order valence-electron chi connectivity index (χ3n) is 1.65. The Balaban J connectivity index is 2.84. The van der Waals surface area contributed by atoms with Crippen LogP contribution in [0.25, 0.3) is 0 Å². The SMILES string of the molecule is C=CCCOc1nccc(C(=O)O)c1F. The van der Waals surface area contributed by atoms with E-state index in [4.69, 9.17) is 9.84 Å². The van der Waals surface area contributed by atoms with E-state index in [1.807, 2.05) is 0 Å². The zero-order chi connectivity index (χ0) is 11.3. The number of aromatic nitrogens is 1. The van der Waals surface area contributed by atoms with Gasteiger partial charge >= 0.3 is 5.97 Å². The average Bonchev–Trinajstić information content (AvgIpc) is 2.20. The predicted octanol–water partition coefficient (Wildman–Crippen LogP) is 1.87. The quantitative estimate of drug-likeness (QED) is 0.596. The monoisotopic (exact) mass is 211 g/mol. The van der Waals surface area contributed by atoms with Gasteiger partial charge in [-0.2, -0.15) is 0 Å². The molecule has 0 aromatic carbocycles. The molecule has 0 amide bonds. The smallest absolute Gasteiger partial charge is 0.338 e. The Morgan fingerprint density at radius 1 is 1.73 bits per heavy atom. The van der Waals surface area contributed by atoms with Crippen molar-refractivity contribution in [3.8, 4) is 5.88 Å². The number of rotatable bonds is 5. The van der Waals surface area contributed by atoms with Gasteiger partial charge in [-0.05, 0) is 12.5 Å². The molecule has 0 fully saturated rings. The minimum Gasteiger partial charge on any atom is -0.478 e. The maximum Gasteiger partial charge on any atom is 0.338 e. The first kappa shape index (κ1) is 11.2. The normalized spacial score (nSPS) is 9.67. The third-order valence-corrected chi connectivity index (χ3v) is 1.65. The van der Waals surface area contributed by atoms with Gasteiger partial charge in [-0.3, -0.25) is 0 Å². The van der Waals surface area contributed by atoms with E-state index < -0.39 is 17.3 Å². The number of hydrogen-bond acceptors (Lipinski definition) is 3. The van der Waals surface area contributed by atoms with Crippen LogP contribution in [0.1, 0.15) is 16.8 Å². The lowest BCUT2D eigenvalue weighted by Crippen LogP contribution is -2.06. The first-order chi connectivity index (χ1) is 7.16. The van der Waals surface area contributed by atoms with Gasteiger partial charge in [-0.1, -0.05) is 6.08 Å². The summed E-state index contributed by atoms with van der Waals surface area (Å²) in [5.41, 5.74) is -0.446. The molecule has 15 heavy (non-hydrogen) atoms. The van der Waals surface area contributed by atoms with Crippen LogP contribution in [-0.2, 0) is 0 Å². The summed E-state index contributed by atoms with van der Waals surface area (Å²) in [6, 6.07) is 1.08. The van der Waals surface area contributed by atoms with Gasteiger partial charge in [-0.15, -0.1) is 6.58 Å². The molecule has 80 valence electrons. The zero-order valence-corrected chi connectivity index (χ0v) is 7.94. The first-order valence-electron chi connectivity index (χ1n) is 4.28. The van der Waals surface area contributed by atoms with E-state index >= 15 is 0 Å². The number of aromatic carboxylic acids is 1. The highest BCUT2D eigenvalue weighted by Gasteiger charge is 2.15. The number of hydrogen-bond donors (Lipinski definition) is 1. The van der Waals surface area contributed by atoms with Gasteiger partial charge in [0, 0.05) is 6.20 Å². The van der Waals surface area contributed by atoms with Crippen molar-refractivity contribution in [3.63, 3.8) is 0 Å². The lowest BCUT2D eigenvalue weighted by atomic mass is 10.2. The standard InChI is InChI=1S/C10H10FNO3/c1-2-3-6-15-9-8(11)7(10(13)14)4-5-12-9/h2,4-5H,1,3,6H2,(H,13,14). The number of ether oxygens (including phenoxy) is 1.